The minimum Gasteiger partial charge on any atom is -0.493 e. The van der Waals surface area contributed by atoms with Gasteiger partial charge in [-0.05, 0) is 28.8 Å². The van der Waals surface area contributed by atoms with Crippen molar-refractivity contribution in [1.29, 1.82) is 0 Å². The highest BCUT2D eigenvalue weighted by Crippen LogP contribution is 2.63. The predicted molar refractivity (Wildman–Crippen MR) is 101 cm³/mol. The number of rotatable bonds is 6. The molecule has 3 aliphatic heterocycles. The molecule has 1 N–H and O–H groups in total. The van der Waals surface area contributed by atoms with E-state index in [0.717, 1.165) is 16.7 Å². The summed E-state index contributed by atoms with van der Waals surface area (Å²) in [6.45, 7) is 0.364. The van der Waals surface area contributed by atoms with Crippen LogP contribution in [0.4, 0.5) is 0 Å². The highest BCUT2D eigenvalue weighted by Gasteiger charge is 2.73. The van der Waals surface area contributed by atoms with Crippen LogP contribution in [0.2, 0.25) is 0 Å². The fraction of sp³-hybridized carbons (Fsp3) is 0.409. The zero-order chi connectivity index (χ0) is 20.2. The van der Waals surface area contributed by atoms with Gasteiger partial charge in [-0.25, -0.2) is 4.79 Å². The molecule has 4 aliphatic rings. The summed E-state index contributed by atoms with van der Waals surface area (Å²) >= 11 is 0. The zero-order valence-electron chi connectivity index (χ0n) is 16.2. The standard InChI is InChI=1S/C22H22O7/c1-25-16-8-14-15(9-17(16)26-2)19-21(24)10-18(14)28-22(19,29-20(21)23)12-27-11-13-6-4-3-5-7-13/h3-9,18-19,24H,10-12H2,1-2H3/t18-,19-,21-,22-/m1/s1. The SMILES string of the molecule is COc1cc2c(cc1OC)[C@H]1[C@@]3(COCc4ccccc4)OC(=O)[C@@]1(O)C[C@H]2O3. The van der Waals surface area contributed by atoms with Gasteiger partial charge in [-0.1, -0.05) is 30.3 Å². The first-order valence-corrected chi connectivity index (χ1v) is 9.52. The normalized spacial score (nSPS) is 31.3. The highest BCUT2D eigenvalue weighted by atomic mass is 16.8. The zero-order valence-corrected chi connectivity index (χ0v) is 16.2. The number of methoxy groups -OCH3 is 2. The molecular formula is C22H22O7. The van der Waals surface area contributed by atoms with E-state index in [4.69, 9.17) is 23.7 Å². The Morgan fingerprint density at radius 2 is 1.79 bits per heavy atom. The van der Waals surface area contributed by atoms with E-state index >= 15 is 0 Å². The van der Waals surface area contributed by atoms with Gasteiger partial charge in [-0.3, -0.25) is 0 Å². The summed E-state index contributed by atoms with van der Waals surface area (Å²) in [4.78, 5) is 12.6. The minimum atomic E-state index is -1.65. The number of hydrogen-bond acceptors (Lipinski definition) is 7. The van der Waals surface area contributed by atoms with Gasteiger partial charge < -0.3 is 28.8 Å². The molecule has 0 saturated carbocycles. The Balaban J connectivity index is 1.51. The van der Waals surface area contributed by atoms with E-state index in [-0.39, 0.29) is 13.0 Å². The minimum absolute atomic E-state index is 0.0187. The third-order valence-corrected chi connectivity index (χ3v) is 6.04. The Hall–Kier alpha value is -2.61. The van der Waals surface area contributed by atoms with Crippen LogP contribution < -0.4 is 9.47 Å². The molecule has 2 fully saturated rings. The van der Waals surface area contributed by atoms with Crippen LogP contribution in [0.25, 0.3) is 0 Å². The van der Waals surface area contributed by atoms with E-state index in [9.17, 15) is 9.90 Å². The summed E-state index contributed by atoms with van der Waals surface area (Å²) in [5, 5.41) is 11.2. The monoisotopic (exact) mass is 398 g/mol. The van der Waals surface area contributed by atoms with E-state index in [2.05, 4.69) is 0 Å². The van der Waals surface area contributed by atoms with E-state index in [1.54, 1.807) is 20.3 Å². The average Bonchev–Trinajstić information content (AvgIpc) is 2.88. The third kappa shape index (κ3) is 2.58. The Morgan fingerprint density at radius 3 is 2.48 bits per heavy atom. The molecule has 0 spiro atoms. The molecule has 152 valence electrons. The molecular weight excluding hydrogens is 376 g/mol. The van der Waals surface area contributed by atoms with E-state index in [0.29, 0.717) is 18.1 Å². The molecule has 0 radical (unpaired) electrons. The number of benzene rings is 2. The molecule has 2 aromatic carbocycles. The van der Waals surface area contributed by atoms with Crippen LogP contribution >= 0.6 is 0 Å². The van der Waals surface area contributed by atoms with E-state index in [1.165, 1.54) is 0 Å². The summed E-state index contributed by atoms with van der Waals surface area (Å²) in [6, 6.07) is 13.3. The van der Waals surface area contributed by atoms with Crippen molar-refractivity contribution in [3.8, 4) is 11.5 Å². The van der Waals surface area contributed by atoms with Crippen molar-refractivity contribution in [2.24, 2.45) is 0 Å². The highest BCUT2D eigenvalue weighted by molar-refractivity contribution is 5.86. The summed E-state index contributed by atoms with van der Waals surface area (Å²) in [5.41, 5.74) is 0.985. The van der Waals surface area contributed by atoms with Gasteiger partial charge in [-0.15, -0.1) is 0 Å². The number of esters is 1. The summed E-state index contributed by atoms with van der Waals surface area (Å²) < 4.78 is 28.5. The first-order valence-electron chi connectivity index (χ1n) is 9.52. The first kappa shape index (κ1) is 18.4. The molecule has 0 aromatic heterocycles. The Bertz CT molecular complexity index is 959. The number of ether oxygens (including phenoxy) is 5. The fourth-order valence-electron chi connectivity index (χ4n) is 4.78. The molecule has 1 aliphatic carbocycles. The number of carbonyl (C=O) groups is 1. The Labute approximate surface area is 168 Å². The molecule has 2 saturated heterocycles. The van der Waals surface area contributed by atoms with Gasteiger partial charge >= 0.3 is 5.97 Å². The van der Waals surface area contributed by atoms with Crippen molar-refractivity contribution in [2.75, 3.05) is 20.8 Å². The molecule has 0 unspecified atom stereocenters. The first-order chi connectivity index (χ1) is 14.0. The van der Waals surface area contributed by atoms with E-state index in [1.807, 2.05) is 36.4 Å². The third-order valence-electron chi connectivity index (χ3n) is 6.04. The topological polar surface area (TPSA) is 83.5 Å². The number of hydrogen-bond donors (Lipinski definition) is 1. The van der Waals surface area contributed by atoms with Crippen molar-refractivity contribution < 1.29 is 33.6 Å². The maximum absolute atomic E-state index is 12.6. The Morgan fingerprint density at radius 1 is 1.10 bits per heavy atom. The lowest BCUT2D eigenvalue weighted by molar-refractivity contribution is -0.288. The second-order valence-electron chi connectivity index (χ2n) is 7.68. The van der Waals surface area contributed by atoms with Crippen molar-refractivity contribution in [3.05, 3.63) is 59.2 Å². The molecule has 4 bridgehead atoms. The van der Waals surface area contributed by atoms with Gasteiger partial charge in [0, 0.05) is 6.42 Å². The largest absolute Gasteiger partial charge is 0.493 e. The van der Waals surface area contributed by atoms with Crippen LogP contribution in [0.3, 0.4) is 0 Å². The fourth-order valence-corrected chi connectivity index (χ4v) is 4.78. The Kier molecular flexibility index (Phi) is 4.10. The van der Waals surface area contributed by atoms with Crippen LogP contribution in [0.15, 0.2) is 42.5 Å². The molecule has 2 aromatic rings. The van der Waals surface area contributed by atoms with Crippen LogP contribution in [0, 0.1) is 0 Å². The molecule has 7 heteroatoms. The molecule has 6 rings (SSSR count). The van der Waals surface area contributed by atoms with Gasteiger partial charge in [0.25, 0.3) is 0 Å². The van der Waals surface area contributed by atoms with Crippen molar-refractivity contribution in [1.82, 2.24) is 0 Å². The second-order valence-corrected chi connectivity index (χ2v) is 7.68. The number of carbonyl (C=O) groups excluding carboxylic acids is 1. The van der Waals surface area contributed by atoms with Gasteiger partial charge in [0.2, 0.25) is 5.79 Å². The molecule has 29 heavy (non-hydrogen) atoms. The lowest BCUT2D eigenvalue weighted by Crippen LogP contribution is -2.57. The van der Waals surface area contributed by atoms with Gasteiger partial charge in [-0.2, -0.15) is 0 Å². The smallest absolute Gasteiger partial charge is 0.341 e. The van der Waals surface area contributed by atoms with Crippen LogP contribution in [-0.2, 0) is 25.6 Å². The molecule has 3 heterocycles. The van der Waals surface area contributed by atoms with Crippen LogP contribution in [0.5, 0.6) is 11.5 Å². The molecule has 4 atom stereocenters. The van der Waals surface area contributed by atoms with Crippen molar-refractivity contribution in [2.45, 2.75) is 36.4 Å². The lowest BCUT2D eigenvalue weighted by atomic mass is 9.66. The summed E-state index contributed by atoms with van der Waals surface area (Å²) in [6.07, 6.45) is -0.369. The number of aliphatic hydroxyl groups is 1. The van der Waals surface area contributed by atoms with Gasteiger partial charge in [0.15, 0.2) is 17.1 Å². The summed E-state index contributed by atoms with van der Waals surface area (Å²) in [5.74, 6) is -1.65. The lowest BCUT2D eigenvalue weighted by Gasteiger charge is -2.49. The molecule has 7 nitrogen and oxygen atoms in total. The maximum Gasteiger partial charge on any atom is 0.341 e. The summed E-state index contributed by atoms with van der Waals surface area (Å²) in [7, 11) is 3.11. The van der Waals surface area contributed by atoms with Crippen LogP contribution in [-0.4, -0.2) is 43.3 Å². The maximum atomic E-state index is 12.6. The van der Waals surface area contributed by atoms with Gasteiger partial charge in [0.05, 0.1) is 32.8 Å². The van der Waals surface area contributed by atoms with E-state index < -0.39 is 29.4 Å². The van der Waals surface area contributed by atoms with Crippen molar-refractivity contribution >= 4 is 5.97 Å². The van der Waals surface area contributed by atoms with Gasteiger partial charge in [0.1, 0.15) is 6.61 Å². The molecule has 0 amide bonds. The predicted octanol–water partition coefficient (Wildman–Crippen LogP) is 2.46. The van der Waals surface area contributed by atoms with Crippen molar-refractivity contribution in [3.63, 3.8) is 0 Å². The van der Waals surface area contributed by atoms with Crippen LogP contribution in [0.1, 0.15) is 35.1 Å². The quantitative estimate of drug-likeness (QED) is 0.749. The average molecular weight is 398 g/mol. The second kappa shape index (κ2) is 6.45.